The summed E-state index contributed by atoms with van der Waals surface area (Å²) in [5.41, 5.74) is 1.34. The number of benzene rings is 2. The largest absolute Gasteiger partial charge is 0.510 e. The fourth-order valence-electron chi connectivity index (χ4n) is 2.31. The van der Waals surface area contributed by atoms with Crippen LogP contribution in [0.1, 0.15) is 5.82 Å². The molecule has 0 atom stereocenters. The monoisotopic (exact) mass is 392 g/mol. The van der Waals surface area contributed by atoms with E-state index in [1.807, 2.05) is 18.2 Å². The average Bonchev–Trinajstić information content (AvgIpc) is 3.06. The number of methoxy groups -OCH3 is 1. The van der Waals surface area contributed by atoms with Crippen LogP contribution in [0.15, 0.2) is 53.1 Å². The zero-order chi connectivity index (χ0) is 18.7. The van der Waals surface area contributed by atoms with Gasteiger partial charge in [-0.05, 0) is 30.3 Å². The third-order valence-electron chi connectivity index (χ3n) is 3.57. The smallest absolute Gasteiger partial charge is 0.345 e. The summed E-state index contributed by atoms with van der Waals surface area (Å²) in [5.74, 6) is -1.16. The van der Waals surface area contributed by atoms with Gasteiger partial charge in [-0.15, -0.1) is 11.8 Å². The molecule has 0 spiro atoms. The molecular weight excluding hydrogens is 379 g/mol. The van der Waals surface area contributed by atoms with Crippen molar-refractivity contribution in [3.8, 4) is 0 Å². The molecule has 0 saturated heterocycles. The first-order valence-electron chi connectivity index (χ1n) is 7.53. The van der Waals surface area contributed by atoms with E-state index in [0.29, 0.717) is 10.4 Å². The second-order valence-corrected chi connectivity index (χ2v) is 6.74. The summed E-state index contributed by atoms with van der Waals surface area (Å²) in [7, 11) is 1.23. The van der Waals surface area contributed by atoms with E-state index in [1.54, 1.807) is 6.07 Å². The molecule has 2 aromatic carbocycles. The van der Waals surface area contributed by atoms with E-state index in [0.717, 1.165) is 5.52 Å². The van der Waals surface area contributed by atoms with Gasteiger partial charge >= 0.3 is 5.97 Å². The number of thioether (sulfide) groups is 1. The Morgan fingerprint density at radius 3 is 2.81 bits per heavy atom. The molecule has 0 amide bonds. The molecule has 0 saturated carbocycles. The number of carbonyl (C=O) groups is 1. The molecule has 0 bridgehead atoms. The standard InChI is InChI=1S/C18H14ClFN2O3S/c1-25-18(24)16(17-21-13-4-2-3-5-14(13)22-17)15(23)9-26-10-6-7-12(20)11(19)8-10/h2-8,23H,9H2,1H3,(H,21,22)/b16-15-. The van der Waals surface area contributed by atoms with E-state index in [2.05, 4.69) is 9.97 Å². The van der Waals surface area contributed by atoms with E-state index in [1.165, 1.54) is 37.1 Å². The lowest BCUT2D eigenvalue weighted by Gasteiger charge is -2.07. The number of fused-ring (bicyclic) bond motifs is 1. The van der Waals surface area contributed by atoms with Gasteiger partial charge in [-0.1, -0.05) is 23.7 Å². The summed E-state index contributed by atoms with van der Waals surface area (Å²) in [6.45, 7) is 0. The molecule has 8 heteroatoms. The minimum Gasteiger partial charge on any atom is -0.510 e. The first-order chi connectivity index (χ1) is 12.5. The van der Waals surface area contributed by atoms with Crippen LogP contribution in [0.4, 0.5) is 4.39 Å². The van der Waals surface area contributed by atoms with E-state index in [-0.39, 0.29) is 27.9 Å². The summed E-state index contributed by atoms with van der Waals surface area (Å²) in [6, 6.07) is 11.5. The van der Waals surface area contributed by atoms with Crippen molar-refractivity contribution in [3.05, 3.63) is 64.9 Å². The Kier molecular flexibility index (Phi) is 5.49. The van der Waals surface area contributed by atoms with Crippen molar-refractivity contribution in [2.75, 3.05) is 12.9 Å². The molecule has 0 aliphatic heterocycles. The van der Waals surface area contributed by atoms with E-state index in [4.69, 9.17) is 16.3 Å². The number of rotatable bonds is 5. The van der Waals surface area contributed by atoms with Gasteiger partial charge in [-0.25, -0.2) is 14.2 Å². The summed E-state index contributed by atoms with van der Waals surface area (Å²) in [5, 5.41) is 10.5. The predicted octanol–water partition coefficient (Wildman–Crippen LogP) is 4.59. The Morgan fingerprint density at radius 1 is 1.35 bits per heavy atom. The van der Waals surface area contributed by atoms with Crippen LogP contribution in [-0.4, -0.2) is 33.9 Å². The molecule has 5 nitrogen and oxygen atoms in total. The van der Waals surface area contributed by atoms with Crippen LogP contribution in [-0.2, 0) is 9.53 Å². The van der Waals surface area contributed by atoms with Crippen LogP contribution in [0, 0.1) is 5.82 Å². The molecule has 0 aliphatic rings. The topological polar surface area (TPSA) is 75.2 Å². The normalized spacial score (nSPS) is 12.1. The predicted molar refractivity (Wildman–Crippen MR) is 99.8 cm³/mol. The molecule has 1 aromatic heterocycles. The number of aliphatic hydroxyl groups is 1. The molecule has 0 unspecified atom stereocenters. The molecule has 3 rings (SSSR count). The van der Waals surface area contributed by atoms with Crippen molar-refractivity contribution >= 4 is 45.9 Å². The van der Waals surface area contributed by atoms with Gasteiger partial charge in [-0.2, -0.15) is 0 Å². The number of ether oxygens (including phenoxy) is 1. The highest BCUT2D eigenvalue weighted by atomic mass is 35.5. The van der Waals surface area contributed by atoms with Crippen molar-refractivity contribution in [2.24, 2.45) is 0 Å². The number of hydrogen-bond acceptors (Lipinski definition) is 5. The van der Waals surface area contributed by atoms with Crippen LogP contribution >= 0.6 is 23.4 Å². The second kappa shape index (κ2) is 7.80. The highest BCUT2D eigenvalue weighted by Crippen LogP contribution is 2.28. The number of H-pyrrole nitrogens is 1. The summed E-state index contributed by atoms with van der Waals surface area (Å²) < 4.78 is 18.0. The number of imidazole rings is 1. The Hall–Kier alpha value is -2.51. The number of hydrogen-bond donors (Lipinski definition) is 2. The third-order valence-corrected chi connectivity index (χ3v) is 4.87. The van der Waals surface area contributed by atoms with E-state index in [9.17, 15) is 14.3 Å². The molecule has 134 valence electrons. The van der Waals surface area contributed by atoms with Gasteiger partial charge in [0, 0.05) is 4.90 Å². The number of esters is 1. The summed E-state index contributed by atoms with van der Waals surface area (Å²) in [6.07, 6.45) is 0. The Balaban J connectivity index is 1.92. The first-order valence-corrected chi connectivity index (χ1v) is 8.89. The number of aromatic amines is 1. The maximum absolute atomic E-state index is 13.2. The fourth-order valence-corrected chi connectivity index (χ4v) is 3.37. The molecule has 1 heterocycles. The number of nitrogens with one attached hydrogen (secondary N) is 1. The quantitative estimate of drug-likeness (QED) is 0.287. The molecule has 0 aliphatic carbocycles. The van der Waals surface area contributed by atoms with Crippen molar-refractivity contribution in [2.45, 2.75) is 4.90 Å². The highest BCUT2D eigenvalue weighted by Gasteiger charge is 2.22. The lowest BCUT2D eigenvalue weighted by molar-refractivity contribution is -0.133. The van der Waals surface area contributed by atoms with E-state index >= 15 is 0 Å². The van der Waals surface area contributed by atoms with Gasteiger partial charge in [0.25, 0.3) is 0 Å². The van der Waals surface area contributed by atoms with E-state index < -0.39 is 11.8 Å². The molecule has 26 heavy (non-hydrogen) atoms. The SMILES string of the molecule is COC(=O)/C(=C(\O)CSc1ccc(F)c(Cl)c1)c1nc2ccccc2[nH]1. The lowest BCUT2D eigenvalue weighted by atomic mass is 10.2. The van der Waals surface area contributed by atoms with Crippen LogP contribution in [0.2, 0.25) is 5.02 Å². The summed E-state index contributed by atoms with van der Waals surface area (Å²) in [4.78, 5) is 20.1. The minimum atomic E-state index is -0.709. The third kappa shape index (κ3) is 3.84. The average molecular weight is 393 g/mol. The van der Waals surface area contributed by atoms with Gasteiger partial charge in [0.05, 0.1) is 28.9 Å². The molecule has 0 fully saturated rings. The van der Waals surface area contributed by atoms with Crippen molar-refractivity contribution < 1.29 is 19.0 Å². The van der Waals surface area contributed by atoms with Gasteiger partial charge in [0.1, 0.15) is 23.0 Å². The number of carbonyl (C=O) groups excluding carboxylic acids is 1. The second-order valence-electron chi connectivity index (χ2n) is 5.28. The number of halogens is 2. The number of aliphatic hydroxyl groups excluding tert-OH is 1. The molecular formula is C18H14ClFN2O3S. The Morgan fingerprint density at radius 2 is 2.12 bits per heavy atom. The molecule has 0 radical (unpaired) electrons. The first kappa shape index (κ1) is 18.3. The molecule has 2 N–H and O–H groups in total. The fraction of sp³-hybridized carbons (Fsp3) is 0.111. The Bertz CT molecular complexity index is 970. The van der Waals surface area contributed by atoms with Crippen LogP contribution in [0.25, 0.3) is 16.6 Å². The zero-order valence-electron chi connectivity index (χ0n) is 13.6. The number of para-hydroxylation sites is 2. The summed E-state index contributed by atoms with van der Waals surface area (Å²) >= 11 is 6.95. The van der Waals surface area contributed by atoms with Crippen molar-refractivity contribution in [1.29, 1.82) is 0 Å². The lowest BCUT2D eigenvalue weighted by Crippen LogP contribution is -2.09. The highest BCUT2D eigenvalue weighted by molar-refractivity contribution is 7.99. The minimum absolute atomic E-state index is 0.0102. The van der Waals surface area contributed by atoms with Gasteiger partial charge < -0.3 is 14.8 Å². The van der Waals surface area contributed by atoms with Gasteiger partial charge in [-0.3, -0.25) is 0 Å². The maximum Gasteiger partial charge on any atom is 0.345 e. The maximum atomic E-state index is 13.2. The zero-order valence-corrected chi connectivity index (χ0v) is 15.2. The van der Waals surface area contributed by atoms with Crippen molar-refractivity contribution in [3.63, 3.8) is 0 Å². The van der Waals surface area contributed by atoms with Crippen molar-refractivity contribution in [1.82, 2.24) is 9.97 Å². The van der Waals surface area contributed by atoms with Gasteiger partial charge in [0.2, 0.25) is 0 Å². The van der Waals surface area contributed by atoms with Gasteiger partial charge in [0.15, 0.2) is 0 Å². The molecule has 3 aromatic rings. The number of aromatic nitrogens is 2. The van der Waals surface area contributed by atoms with Crippen LogP contribution in [0.5, 0.6) is 0 Å². The Labute approximate surface area is 157 Å². The van der Waals surface area contributed by atoms with Crippen LogP contribution in [0.3, 0.4) is 0 Å². The van der Waals surface area contributed by atoms with Crippen LogP contribution < -0.4 is 0 Å². The number of nitrogens with zero attached hydrogens (tertiary/aromatic N) is 1.